The lowest BCUT2D eigenvalue weighted by Crippen LogP contribution is -2.21. The van der Waals surface area contributed by atoms with Gasteiger partial charge in [-0.05, 0) is 104 Å². The smallest absolute Gasteiger partial charge is 0.0618 e. The molecule has 0 unspecified atom stereocenters. The van der Waals surface area contributed by atoms with E-state index in [2.05, 4.69) is 195 Å². The number of nitrogens with zero attached hydrogens (tertiary/aromatic N) is 1. The topological polar surface area (TPSA) is 3.24 Å². The number of benzene rings is 8. The van der Waals surface area contributed by atoms with Gasteiger partial charge in [-0.1, -0.05) is 178 Å². The molecule has 0 saturated heterocycles. The van der Waals surface area contributed by atoms with Crippen molar-refractivity contribution in [3.63, 3.8) is 0 Å². The molecule has 8 aromatic carbocycles. The molecule has 0 aliphatic heterocycles. The lowest BCUT2D eigenvalue weighted by Gasteiger charge is -2.32. The van der Waals surface area contributed by atoms with E-state index in [-0.39, 0.29) is 10.8 Å². The van der Waals surface area contributed by atoms with Crippen molar-refractivity contribution in [2.75, 3.05) is 4.90 Å². The first-order valence-corrected chi connectivity index (χ1v) is 20.0. The van der Waals surface area contributed by atoms with Crippen molar-refractivity contribution in [3.05, 3.63) is 198 Å². The fourth-order valence-corrected chi connectivity index (χ4v) is 10.8. The summed E-state index contributed by atoms with van der Waals surface area (Å²) in [5.41, 5.74) is 19.8. The van der Waals surface area contributed by atoms with Crippen molar-refractivity contribution in [2.24, 2.45) is 0 Å². The van der Waals surface area contributed by atoms with E-state index < -0.39 is 0 Å². The number of fused-ring (bicyclic) bond motifs is 9. The van der Waals surface area contributed by atoms with Gasteiger partial charge in [0.05, 0.1) is 5.69 Å². The van der Waals surface area contributed by atoms with E-state index in [1.165, 1.54) is 115 Å². The summed E-state index contributed by atoms with van der Waals surface area (Å²) in [5, 5.41) is 2.48. The number of hydrogen-bond acceptors (Lipinski definition) is 1. The Morgan fingerprint density at radius 3 is 1.85 bits per heavy atom. The van der Waals surface area contributed by atoms with Crippen LogP contribution >= 0.6 is 0 Å². The van der Waals surface area contributed by atoms with E-state index in [1.807, 2.05) is 0 Å². The van der Waals surface area contributed by atoms with Crippen molar-refractivity contribution in [1.29, 1.82) is 0 Å². The molecule has 3 aliphatic carbocycles. The summed E-state index contributed by atoms with van der Waals surface area (Å²) in [7, 11) is 0. The van der Waals surface area contributed by atoms with Gasteiger partial charge in [-0.3, -0.25) is 0 Å². The average molecular weight is 706 g/mol. The fourth-order valence-electron chi connectivity index (χ4n) is 10.8. The molecule has 1 heteroatoms. The minimum Gasteiger partial charge on any atom is -0.309 e. The molecule has 1 spiro atoms. The van der Waals surface area contributed by atoms with Gasteiger partial charge >= 0.3 is 0 Å². The molecule has 0 aromatic heterocycles. The largest absolute Gasteiger partial charge is 0.309 e. The second-order valence-electron chi connectivity index (χ2n) is 16.4. The summed E-state index contributed by atoms with van der Waals surface area (Å²) < 4.78 is 0. The van der Waals surface area contributed by atoms with Crippen molar-refractivity contribution in [2.45, 2.75) is 50.4 Å². The van der Waals surface area contributed by atoms with Crippen LogP contribution in [0.1, 0.15) is 61.8 Å². The van der Waals surface area contributed by atoms with E-state index in [1.54, 1.807) is 0 Å². The molecular formula is C54H43N. The zero-order valence-corrected chi connectivity index (χ0v) is 31.5. The van der Waals surface area contributed by atoms with Gasteiger partial charge < -0.3 is 4.90 Å². The lowest BCUT2D eigenvalue weighted by molar-refractivity contribution is 0.550. The first-order valence-electron chi connectivity index (χ1n) is 20.0. The minimum absolute atomic E-state index is 0.0711. The number of rotatable bonds is 5. The van der Waals surface area contributed by atoms with Gasteiger partial charge in [0.25, 0.3) is 0 Å². The third-order valence-electron chi connectivity index (χ3n) is 13.2. The van der Waals surface area contributed by atoms with Gasteiger partial charge in [-0.2, -0.15) is 0 Å². The van der Waals surface area contributed by atoms with Crippen LogP contribution in [0.25, 0.3) is 55.3 Å². The lowest BCUT2D eigenvalue weighted by atomic mass is 9.76. The molecule has 8 aromatic rings. The SMILES string of the molecule is CC1(C)c2ccccc2-c2cccc(-c3cccc(N(c4ccc5c(c4)C4(CCCC4)c4ccccc4-5)c4c(-c5ccccc5)ccc5ccccc45)c3)c21. The summed E-state index contributed by atoms with van der Waals surface area (Å²) in [6.07, 6.45) is 4.95. The molecule has 0 radical (unpaired) electrons. The summed E-state index contributed by atoms with van der Waals surface area (Å²) in [6, 6.07) is 66.2. The molecule has 1 fully saturated rings. The van der Waals surface area contributed by atoms with Crippen molar-refractivity contribution >= 4 is 27.8 Å². The Balaban J connectivity index is 1.18. The zero-order chi connectivity index (χ0) is 36.7. The van der Waals surface area contributed by atoms with E-state index in [4.69, 9.17) is 0 Å². The van der Waals surface area contributed by atoms with Crippen LogP contribution in [0.3, 0.4) is 0 Å². The molecule has 0 N–H and O–H groups in total. The third-order valence-corrected chi connectivity index (χ3v) is 13.2. The van der Waals surface area contributed by atoms with Gasteiger partial charge in [-0.25, -0.2) is 0 Å². The summed E-state index contributed by atoms with van der Waals surface area (Å²) >= 11 is 0. The molecule has 0 bridgehead atoms. The highest BCUT2D eigenvalue weighted by Gasteiger charge is 2.45. The maximum absolute atomic E-state index is 2.57. The normalized spacial score (nSPS) is 15.5. The molecule has 0 atom stereocenters. The van der Waals surface area contributed by atoms with Crippen LogP contribution in [-0.4, -0.2) is 0 Å². The standard InChI is InChI=1S/C54H43N/c1-53(2)48-26-10-8-23-45(48)47-25-15-24-41(51(47)53)38-19-14-20-39(34-38)55(52-42-21-7-6-18-37(42)28-30-43(52)36-16-4-3-5-17-36)40-29-31-46-44-22-9-11-27-49(44)54(50(46)35-40)32-12-13-33-54/h3-11,14-31,34-35H,12-13,32-33H2,1-2H3. The fraction of sp³-hybridized carbons (Fsp3) is 0.148. The predicted octanol–water partition coefficient (Wildman–Crippen LogP) is 14.8. The molecule has 3 aliphatic rings. The second-order valence-corrected chi connectivity index (χ2v) is 16.4. The van der Waals surface area contributed by atoms with Crippen LogP contribution < -0.4 is 4.90 Å². The van der Waals surface area contributed by atoms with Gasteiger partial charge in [0, 0.05) is 33.2 Å². The highest BCUT2D eigenvalue weighted by atomic mass is 15.1. The van der Waals surface area contributed by atoms with E-state index in [0.717, 1.165) is 5.69 Å². The Morgan fingerprint density at radius 2 is 1.02 bits per heavy atom. The first-order chi connectivity index (χ1) is 27.0. The quantitative estimate of drug-likeness (QED) is 0.172. The molecule has 264 valence electrons. The van der Waals surface area contributed by atoms with Crippen LogP contribution in [0, 0.1) is 0 Å². The summed E-state index contributed by atoms with van der Waals surface area (Å²) in [4.78, 5) is 2.57. The van der Waals surface area contributed by atoms with Crippen LogP contribution in [0.15, 0.2) is 176 Å². The van der Waals surface area contributed by atoms with E-state index >= 15 is 0 Å². The van der Waals surface area contributed by atoms with E-state index in [9.17, 15) is 0 Å². The Hall–Kier alpha value is -6.18. The monoisotopic (exact) mass is 705 g/mol. The predicted molar refractivity (Wildman–Crippen MR) is 232 cm³/mol. The number of hydrogen-bond donors (Lipinski definition) is 0. The molecule has 0 heterocycles. The second kappa shape index (κ2) is 12.2. The maximum Gasteiger partial charge on any atom is 0.0618 e. The Morgan fingerprint density at radius 1 is 0.418 bits per heavy atom. The van der Waals surface area contributed by atoms with Crippen LogP contribution in [0.4, 0.5) is 17.1 Å². The Labute approximate surface area is 324 Å². The average Bonchev–Trinajstić information content (AvgIpc) is 3.91. The van der Waals surface area contributed by atoms with Gasteiger partial charge in [0.2, 0.25) is 0 Å². The number of anilines is 3. The summed E-state index contributed by atoms with van der Waals surface area (Å²) in [5.74, 6) is 0. The Kier molecular flexibility index (Phi) is 7.14. The molecule has 11 rings (SSSR count). The summed E-state index contributed by atoms with van der Waals surface area (Å²) in [6.45, 7) is 4.78. The van der Waals surface area contributed by atoms with Crippen LogP contribution in [0.2, 0.25) is 0 Å². The van der Waals surface area contributed by atoms with Gasteiger partial charge in [0.1, 0.15) is 0 Å². The minimum atomic E-state index is -0.112. The molecular weight excluding hydrogens is 663 g/mol. The van der Waals surface area contributed by atoms with Crippen LogP contribution in [0.5, 0.6) is 0 Å². The Bertz CT molecular complexity index is 2800. The molecule has 55 heavy (non-hydrogen) atoms. The molecule has 1 saturated carbocycles. The van der Waals surface area contributed by atoms with Crippen molar-refractivity contribution in [1.82, 2.24) is 0 Å². The van der Waals surface area contributed by atoms with Crippen molar-refractivity contribution in [3.8, 4) is 44.5 Å². The van der Waals surface area contributed by atoms with Gasteiger partial charge in [-0.15, -0.1) is 0 Å². The van der Waals surface area contributed by atoms with Gasteiger partial charge in [0.15, 0.2) is 0 Å². The third kappa shape index (κ3) is 4.72. The van der Waals surface area contributed by atoms with Crippen LogP contribution in [-0.2, 0) is 10.8 Å². The first kappa shape index (κ1) is 32.3. The molecule has 1 nitrogen and oxygen atoms in total. The van der Waals surface area contributed by atoms with E-state index in [0.29, 0.717) is 0 Å². The highest BCUT2D eigenvalue weighted by molar-refractivity contribution is 6.06. The zero-order valence-electron chi connectivity index (χ0n) is 31.5. The highest BCUT2D eigenvalue weighted by Crippen LogP contribution is 2.59. The van der Waals surface area contributed by atoms with Crippen molar-refractivity contribution < 1.29 is 0 Å². The molecule has 0 amide bonds. The maximum atomic E-state index is 2.57.